The summed E-state index contributed by atoms with van der Waals surface area (Å²) in [4.78, 5) is 35.6. The first-order chi connectivity index (χ1) is 10.7. The van der Waals surface area contributed by atoms with Crippen molar-refractivity contribution in [3.05, 3.63) is 29.8 Å². The molecule has 0 aliphatic rings. The van der Waals surface area contributed by atoms with E-state index in [9.17, 15) is 14.4 Å². The van der Waals surface area contributed by atoms with Crippen LogP contribution in [0.4, 0.5) is 10.5 Å². The Hall–Kier alpha value is -2.57. The number of nitrogens with one attached hydrogen (secondary N) is 1. The summed E-state index contributed by atoms with van der Waals surface area (Å²) in [5.74, 6) is -0.835. The maximum atomic E-state index is 12.0. The lowest BCUT2D eigenvalue weighted by molar-refractivity contribution is -0.123. The van der Waals surface area contributed by atoms with E-state index in [2.05, 4.69) is 5.32 Å². The number of amides is 3. The lowest BCUT2D eigenvalue weighted by Crippen LogP contribution is -2.48. The topological polar surface area (TPSA) is 102 Å². The zero-order valence-corrected chi connectivity index (χ0v) is 13.8. The zero-order chi connectivity index (χ0) is 17.6. The van der Waals surface area contributed by atoms with Crippen molar-refractivity contribution in [1.82, 2.24) is 4.90 Å². The number of carbonyl (C=O) groups is 3. The molecule has 0 heterocycles. The van der Waals surface area contributed by atoms with Gasteiger partial charge in [0.1, 0.15) is 12.6 Å². The van der Waals surface area contributed by atoms with Crippen molar-refractivity contribution < 1.29 is 19.1 Å². The van der Waals surface area contributed by atoms with Crippen LogP contribution in [0.1, 0.15) is 26.3 Å². The van der Waals surface area contributed by atoms with Gasteiger partial charge in [0, 0.05) is 19.7 Å². The molecule has 7 heteroatoms. The highest BCUT2D eigenvalue weighted by molar-refractivity contribution is 5.88. The third-order valence-corrected chi connectivity index (χ3v) is 3.26. The van der Waals surface area contributed by atoms with Gasteiger partial charge >= 0.3 is 6.09 Å². The fraction of sp³-hybridized carbons (Fsp3) is 0.438. The van der Waals surface area contributed by atoms with Crippen LogP contribution in [-0.4, -0.2) is 35.9 Å². The molecule has 0 spiro atoms. The summed E-state index contributed by atoms with van der Waals surface area (Å²) in [6.45, 7) is 5.10. The maximum Gasteiger partial charge on any atom is 0.410 e. The van der Waals surface area contributed by atoms with Crippen molar-refractivity contribution in [3.8, 4) is 0 Å². The summed E-state index contributed by atoms with van der Waals surface area (Å²) in [5.41, 5.74) is 6.75. The average Bonchev–Trinajstić information content (AvgIpc) is 2.44. The quantitative estimate of drug-likeness (QED) is 0.833. The summed E-state index contributed by atoms with van der Waals surface area (Å²) < 4.78 is 5.18. The molecule has 0 saturated carbocycles. The molecule has 0 saturated heterocycles. The van der Waals surface area contributed by atoms with Gasteiger partial charge in [-0.25, -0.2) is 4.79 Å². The first-order valence-electron chi connectivity index (χ1n) is 7.27. The maximum absolute atomic E-state index is 12.0. The molecule has 0 radical (unpaired) electrons. The van der Waals surface area contributed by atoms with Crippen molar-refractivity contribution in [1.29, 1.82) is 0 Å². The molecule has 0 aliphatic carbocycles. The van der Waals surface area contributed by atoms with E-state index in [1.165, 1.54) is 18.9 Å². The fourth-order valence-corrected chi connectivity index (χ4v) is 2.21. The van der Waals surface area contributed by atoms with Crippen LogP contribution in [-0.2, 0) is 20.9 Å². The number of ether oxygens (including phenoxy) is 1. The first kappa shape index (κ1) is 18.5. The van der Waals surface area contributed by atoms with E-state index in [1.807, 2.05) is 0 Å². The number of nitrogens with two attached hydrogens (primary N) is 1. The van der Waals surface area contributed by atoms with E-state index in [1.54, 1.807) is 38.1 Å². The van der Waals surface area contributed by atoms with Crippen molar-refractivity contribution in [2.45, 2.75) is 33.4 Å². The van der Waals surface area contributed by atoms with Gasteiger partial charge in [-0.3, -0.25) is 14.5 Å². The van der Waals surface area contributed by atoms with Gasteiger partial charge in [0.2, 0.25) is 11.8 Å². The molecule has 1 aromatic carbocycles. The van der Waals surface area contributed by atoms with Gasteiger partial charge in [-0.2, -0.15) is 0 Å². The van der Waals surface area contributed by atoms with Crippen LogP contribution >= 0.6 is 0 Å². The molecule has 0 fully saturated rings. The Bertz CT molecular complexity index is 569. The molecule has 7 nitrogen and oxygen atoms in total. The lowest BCUT2D eigenvalue weighted by Gasteiger charge is -2.27. The van der Waals surface area contributed by atoms with Crippen molar-refractivity contribution >= 4 is 23.6 Å². The van der Waals surface area contributed by atoms with Gasteiger partial charge < -0.3 is 15.8 Å². The van der Waals surface area contributed by atoms with Crippen LogP contribution in [0.5, 0.6) is 0 Å². The van der Waals surface area contributed by atoms with E-state index >= 15 is 0 Å². The van der Waals surface area contributed by atoms with Crippen molar-refractivity contribution in [2.75, 3.05) is 12.4 Å². The minimum Gasteiger partial charge on any atom is -0.445 e. The molecular formula is C16H23N3O4. The molecule has 23 heavy (non-hydrogen) atoms. The molecule has 126 valence electrons. The Labute approximate surface area is 135 Å². The zero-order valence-electron chi connectivity index (χ0n) is 13.8. The van der Waals surface area contributed by atoms with Crippen LogP contribution in [0.25, 0.3) is 0 Å². The summed E-state index contributed by atoms with van der Waals surface area (Å²) in [6.07, 6.45) is -0.617. The minimum atomic E-state index is -0.718. The van der Waals surface area contributed by atoms with Crippen molar-refractivity contribution in [2.24, 2.45) is 11.7 Å². The fourth-order valence-electron chi connectivity index (χ4n) is 2.21. The van der Waals surface area contributed by atoms with Gasteiger partial charge in [0.25, 0.3) is 0 Å². The molecule has 1 aromatic rings. The third kappa shape index (κ3) is 5.61. The monoisotopic (exact) mass is 321 g/mol. The molecule has 3 N–H and O–H groups in total. The van der Waals surface area contributed by atoms with Gasteiger partial charge in [-0.15, -0.1) is 0 Å². The second-order valence-corrected chi connectivity index (χ2v) is 5.63. The molecule has 1 unspecified atom stereocenters. The second kappa shape index (κ2) is 8.17. The first-order valence-corrected chi connectivity index (χ1v) is 7.27. The number of carbonyl (C=O) groups excluding carboxylic acids is 3. The molecular weight excluding hydrogens is 298 g/mol. The molecule has 0 aliphatic heterocycles. The van der Waals surface area contributed by atoms with E-state index in [0.717, 1.165) is 5.56 Å². The summed E-state index contributed by atoms with van der Waals surface area (Å²) >= 11 is 0. The molecule has 0 bridgehead atoms. The van der Waals surface area contributed by atoms with Crippen LogP contribution in [0.15, 0.2) is 24.3 Å². The Morgan fingerprint density at radius 2 is 1.78 bits per heavy atom. The Morgan fingerprint density at radius 1 is 1.22 bits per heavy atom. The number of rotatable bonds is 6. The number of likely N-dealkylation sites (N-methyl/N-ethyl adjacent to an activating group) is 1. The Morgan fingerprint density at radius 3 is 2.22 bits per heavy atom. The predicted molar refractivity (Wildman–Crippen MR) is 86.5 cm³/mol. The van der Waals surface area contributed by atoms with Crippen LogP contribution < -0.4 is 11.1 Å². The largest absolute Gasteiger partial charge is 0.445 e. The standard InChI is InChI=1S/C16H23N3O4/c1-10(2)14(15(17)21)19(4)16(22)23-9-12-5-7-13(8-6-12)18-11(3)20/h5-8,10,14H,9H2,1-4H3,(H2,17,21)(H,18,20). The number of anilines is 1. The number of nitrogens with zero attached hydrogens (tertiary/aromatic N) is 1. The normalized spacial score (nSPS) is 11.7. The summed E-state index contributed by atoms with van der Waals surface area (Å²) in [5, 5.41) is 2.65. The van der Waals surface area contributed by atoms with E-state index in [-0.39, 0.29) is 18.4 Å². The van der Waals surface area contributed by atoms with Crippen molar-refractivity contribution in [3.63, 3.8) is 0 Å². The Kier molecular flexibility index (Phi) is 6.56. The lowest BCUT2D eigenvalue weighted by atomic mass is 10.0. The van der Waals surface area contributed by atoms with Gasteiger partial charge in [-0.1, -0.05) is 26.0 Å². The number of hydrogen-bond acceptors (Lipinski definition) is 4. The molecule has 3 amide bonds. The van der Waals surface area contributed by atoms with E-state index in [4.69, 9.17) is 10.5 Å². The van der Waals surface area contributed by atoms with E-state index < -0.39 is 18.0 Å². The van der Waals surface area contributed by atoms with Gasteiger partial charge in [-0.05, 0) is 23.6 Å². The number of primary amides is 1. The minimum absolute atomic E-state index is 0.0626. The van der Waals surface area contributed by atoms with Crippen LogP contribution in [0, 0.1) is 5.92 Å². The Balaban J connectivity index is 2.61. The molecule has 0 aromatic heterocycles. The summed E-state index contributed by atoms with van der Waals surface area (Å²) in [6, 6.07) is 6.20. The average molecular weight is 321 g/mol. The highest BCUT2D eigenvalue weighted by Gasteiger charge is 2.28. The highest BCUT2D eigenvalue weighted by atomic mass is 16.6. The predicted octanol–water partition coefficient (Wildman–Crippen LogP) is 1.72. The smallest absolute Gasteiger partial charge is 0.410 e. The van der Waals surface area contributed by atoms with Gasteiger partial charge in [0.15, 0.2) is 0 Å². The third-order valence-electron chi connectivity index (χ3n) is 3.26. The van der Waals surface area contributed by atoms with Crippen LogP contribution in [0.2, 0.25) is 0 Å². The number of benzene rings is 1. The van der Waals surface area contributed by atoms with Gasteiger partial charge in [0.05, 0.1) is 0 Å². The molecule has 1 atom stereocenters. The van der Waals surface area contributed by atoms with Crippen LogP contribution in [0.3, 0.4) is 0 Å². The number of hydrogen-bond donors (Lipinski definition) is 2. The SMILES string of the molecule is CC(=O)Nc1ccc(COC(=O)N(C)C(C(N)=O)C(C)C)cc1. The highest BCUT2D eigenvalue weighted by Crippen LogP contribution is 2.13. The van der Waals surface area contributed by atoms with E-state index in [0.29, 0.717) is 5.69 Å². The molecule has 1 rings (SSSR count). The summed E-state index contributed by atoms with van der Waals surface area (Å²) in [7, 11) is 1.48. The second-order valence-electron chi connectivity index (χ2n) is 5.63.